The van der Waals surface area contributed by atoms with E-state index in [-0.39, 0.29) is 0 Å². The summed E-state index contributed by atoms with van der Waals surface area (Å²) in [7, 11) is 0. The molecule has 0 aliphatic heterocycles. The van der Waals surface area contributed by atoms with Gasteiger partial charge in [-0.3, -0.25) is 0 Å². The number of rotatable bonds is 1. The van der Waals surface area contributed by atoms with Crippen LogP contribution in [0, 0.1) is 18.8 Å². The van der Waals surface area contributed by atoms with Crippen LogP contribution < -0.4 is 0 Å². The molecule has 1 aliphatic rings. The summed E-state index contributed by atoms with van der Waals surface area (Å²) < 4.78 is 0. The fourth-order valence-electron chi connectivity index (χ4n) is 1.29. The van der Waals surface area contributed by atoms with Crippen LogP contribution in [-0.4, -0.2) is 0 Å². The van der Waals surface area contributed by atoms with Crippen LogP contribution in [0.2, 0.25) is 0 Å². The molecule has 2 rings (SSSR count). The molecular weight excluding hydrogens is 132 g/mol. The number of benzene rings is 1. The summed E-state index contributed by atoms with van der Waals surface area (Å²) in [6, 6.07) is 8.60. The van der Waals surface area contributed by atoms with Crippen molar-refractivity contribution in [3.63, 3.8) is 0 Å². The Morgan fingerprint density at radius 3 is 2.82 bits per heavy atom. The molecule has 1 aliphatic carbocycles. The van der Waals surface area contributed by atoms with Crippen LogP contribution in [0.25, 0.3) is 0 Å². The highest BCUT2D eigenvalue weighted by atomic mass is 14.1. The average molecular weight is 142 g/mol. The lowest BCUT2D eigenvalue weighted by Gasteiger charge is -2.13. The Labute approximate surface area is 67.2 Å². The summed E-state index contributed by atoms with van der Waals surface area (Å²) in [5.41, 5.74) is 2.71. The summed E-state index contributed by atoms with van der Waals surface area (Å²) in [4.78, 5) is 0. The Morgan fingerprint density at radius 1 is 1.45 bits per heavy atom. The molecule has 0 radical (unpaired) electrons. The first kappa shape index (κ1) is 6.49. The largest absolute Gasteiger partial charge is 0.101 e. The van der Waals surface area contributed by atoms with Gasteiger partial charge in [-0.25, -0.2) is 0 Å². The van der Waals surface area contributed by atoms with Crippen LogP contribution in [0.4, 0.5) is 0 Å². The molecule has 0 fully saturated rings. The van der Waals surface area contributed by atoms with Crippen molar-refractivity contribution < 1.29 is 0 Å². The van der Waals surface area contributed by atoms with Gasteiger partial charge in [-0.05, 0) is 12.5 Å². The van der Waals surface area contributed by atoms with Crippen LogP contribution in [0.15, 0.2) is 24.3 Å². The van der Waals surface area contributed by atoms with Crippen molar-refractivity contribution in [2.75, 3.05) is 0 Å². The smallest absolute Gasteiger partial charge is 0.0561 e. The molecule has 54 valence electrons. The van der Waals surface area contributed by atoms with E-state index in [9.17, 15) is 0 Å². The van der Waals surface area contributed by atoms with E-state index in [2.05, 4.69) is 43.0 Å². The topological polar surface area (TPSA) is 0 Å². The second-order valence-corrected chi connectivity index (χ2v) is 2.99. The summed E-state index contributed by atoms with van der Waals surface area (Å²) in [6.07, 6.45) is 1.05. The van der Waals surface area contributed by atoms with E-state index in [1.54, 1.807) is 0 Å². The van der Waals surface area contributed by atoms with E-state index in [1.807, 2.05) is 0 Å². The minimum Gasteiger partial charge on any atom is -0.101 e. The van der Waals surface area contributed by atoms with Crippen LogP contribution in [0.3, 0.4) is 0 Å². The van der Waals surface area contributed by atoms with Gasteiger partial charge in [0, 0.05) is 6.42 Å². The van der Waals surface area contributed by atoms with Crippen LogP contribution in [-0.2, 0) is 0 Å². The molecule has 0 saturated heterocycles. The summed E-state index contributed by atoms with van der Waals surface area (Å²) in [6.45, 7) is 2.12. The van der Waals surface area contributed by atoms with Gasteiger partial charge in [0.2, 0.25) is 0 Å². The van der Waals surface area contributed by atoms with Gasteiger partial charge in [0.15, 0.2) is 0 Å². The fraction of sp³-hybridized carbons (Fsp3) is 0.273. The third-order valence-electron chi connectivity index (χ3n) is 2.03. The lowest BCUT2D eigenvalue weighted by molar-refractivity contribution is 0.865. The first-order chi connectivity index (χ1) is 5.36. The third kappa shape index (κ3) is 1.14. The Bertz CT molecular complexity index is 325. The van der Waals surface area contributed by atoms with E-state index in [0.29, 0.717) is 5.92 Å². The number of aryl methyl sites for hydroxylation is 1. The van der Waals surface area contributed by atoms with Crippen molar-refractivity contribution in [1.82, 2.24) is 0 Å². The molecule has 0 bridgehead atoms. The van der Waals surface area contributed by atoms with Gasteiger partial charge in [0.25, 0.3) is 0 Å². The maximum Gasteiger partial charge on any atom is 0.0561 e. The second-order valence-electron chi connectivity index (χ2n) is 2.99. The first-order valence-corrected chi connectivity index (χ1v) is 3.91. The quantitative estimate of drug-likeness (QED) is 0.528. The molecule has 0 amide bonds. The Balaban J connectivity index is 2.33. The minimum absolute atomic E-state index is 0.523. The van der Waals surface area contributed by atoms with Crippen LogP contribution in [0.5, 0.6) is 0 Å². The van der Waals surface area contributed by atoms with Crippen molar-refractivity contribution >= 4 is 0 Å². The van der Waals surface area contributed by atoms with Gasteiger partial charge >= 0.3 is 0 Å². The molecule has 11 heavy (non-hydrogen) atoms. The highest BCUT2D eigenvalue weighted by Gasteiger charge is 2.11. The Morgan fingerprint density at radius 2 is 2.27 bits per heavy atom. The molecule has 0 nitrogen and oxygen atoms in total. The van der Waals surface area contributed by atoms with E-state index < -0.39 is 0 Å². The molecule has 0 aromatic heterocycles. The molecule has 0 N–H and O–H groups in total. The molecule has 1 unspecified atom stereocenters. The summed E-state index contributed by atoms with van der Waals surface area (Å²) >= 11 is 0. The monoisotopic (exact) mass is 142 g/mol. The standard InChI is InChI=1S/C11H10/c1-9-4-2-7-11(8-9)10-5-3-6-10/h2,4,7-8,10H,5H2,1H3. The van der Waals surface area contributed by atoms with Crippen LogP contribution in [0.1, 0.15) is 23.5 Å². The first-order valence-electron chi connectivity index (χ1n) is 3.91. The number of hydrogen-bond donors (Lipinski definition) is 0. The highest BCUT2D eigenvalue weighted by molar-refractivity contribution is 5.37. The van der Waals surface area contributed by atoms with Crippen molar-refractivity contribution in [2.45, 2.75) is 19.3 Å². The van der Waals surface area contributed by atoms with Gasteiger partial charge in [-0.2, -0.15) is 0 Å². The molecule has 1 aromatic rings. The molecule has 0 spiro atoms. The van der Waals surface area contributed by atoms with Gasteiger partial charge in [0.1, 0.15) is 0 Å². The SMILES string of the molecule is Cc1cccc(C2C#CC2)c1. The average Bonchev–Trinajstić information content (AvgIpc) is 1.83. The van der Waals surface area contributed by atoms with E-state index in [4.69, 9.17) is 0 Å². The van der Waals surface area contributed by atoms with Gasteiger partial charge in [-0.1, -0.05) is 35.7 Å². The molecule has 0 heterocycles. The van der Waals surface area contributed by atoms with E-state index in [0.717, 1.165) is 6.42 Å². The van der Waals surface area contributed by atoms with Crippen molar-refractivity contribution in [1.29, 1.82) is 0 Å². The second kappa shape index (κ2) is 2.43. The van der Waals surface area contributed by atoms with Gasteiger partial charge < -0.3 is 0 Å². The molecule has 1 atom stereocenters. The van der Waals surface area contributed by atoms with Crippen molar-refractivity contribution in [3.8, 4) is 11.8 Å². The molecular formula is C11H10. The fourth-order valence-corrected chi connectivity index (χ4v) is 1.29. The lowest BCUT2D eigenvalue weighted by atomic mass is 9.90. The maximum atomic E-state index is 3.14. The zero-order valence-corrected chi connectivity index (χ0v) is 6.59. The third-order valence-corrected chi connectivity index (χ3v) is 2.03. The summed E-state index contributed by atoms with van der Waals surface area (Å²) in [5.74, 6) is 6.69. The van der Waals surface area contributed by atoms with Gasteiger partial charge in [0.05, 0.1) is 5.92 Å². The zero-order valence-electron chi connectivity index (χ0n) is 6.59. The maximum absolute atomic E-state index is 3.14. The summed E-state index contributed by atoms with van der Waals surface area (Å²) in [5, 5.41) is 0. The molecule has 1 aromatic carbocycles. The zero-order chi connectivity index (χ0) is 7.68. The highest BCUT2D eigenvalue weighted by Crippen LogP contribution is 2.23. The van der Waals surface area contributed by atoms with Crippen LogP contribution >= 0.6 is 0 Å². The van der Waals surface area contributed by atoms with Crippen molar-refractivity contribution in [3.05, 3.63) is 35.4 Å². The molecule has 0 saturated carbocycles. The number of hydrogen-bond acceptors (Lipinski definition) is 0. The lowest BCUT2D eigenvalue weighted by Crippen LogP contribution is -2.01. The van der Waals surface area contributed by atoms with E-state index in [1.165, 1.54) is 11.1 Å². The normalized spacial score (nSPS) is 19.9. The predicted octanol–water partition coefficient (Wildman–Crippen LogP) is 2.49. The predicted molar refractivity (Wildman–Crippen MR) is 46.3 cm³/mol. The van der Waals surface area contributed by atoms with E-state index >= 15 is 0 Å². The Hall–Kier alpha value is -1.22. The minimum atomic E-state index is 0.523. The molecule has 0 heteroatoms. The Kier molecular flexibility index (Phi) is 1.43. The van der Waals surface area contributed by atoms with Gasteiger partial charge in [-0.15, -0.1) is 5.92 Å². The van der Waals surface area contributed by atoms with Crippen molar-refractivity contribution in [2.24, 2.45) is 0 Å².